The summed E-state index contributed by atoms with van der Waals surface area (Å²) in [6.07, 6.45) is 0. The standard InChI is InChI=1S/C10H13NO4S/c1-2-16(14,15)8-5-3-7(4-6-8)9(11)10(12)13/h3-6,9H,2,11H2,1H3,(H,12,13). The molecule has 0 spiro atoms. The molecule has 0 amide bonds. The maximum absolute atomic E-state index is 11.5. The Hall–Kier alpha value is -1.40. The Morgan fingerprint density at radius 3 is 2.25 bits per heavy atom. The summed E-state index contributed by atoms with van der Waals surface area (Å²) in [4.78, 5) is 10.8. The number of hydrogen-bond donors (Lipinski definition) is 2. The van der Waals surface area contributed by atoms with Gasteiger partial charge in [0.25, 0.3) is 0 Å². The molecule has 1 aromatic rings. The summed E-state index contributed by atoms with van der Waals surface area (Å²) < 4.78 is 22.9. The molecular weight excluding hydrogens is 230 g/mol. The second-order valence-electron chi connectivity index (χ2n) is 3.29. The highest BCUT2D eigenvalue weighted by Crippen LogP contribution is 2.16. The number of rotatable bonds is 4. The molecule has 0 aromatic heterocycles. The molecule has 5 nitrogen and oxygen atoms in total. The Kier molecular flexibility index (Phi) is 3.66. The van der Waals surface area contributed by atoms with E-state index in [1.807, 2.05) is 0 Å². The molecule has 0 saturated carbocycles. The van der Waals surface area contributed by atoms with Crippen LogP contribution in [0.1, 0.15) is 18.5 Å². The summed E-state index contributed by atoms with van der Waals surface area (Å²) in [5, 5.41) is 8.67. The molecule has 0 aliphatic carbocycles. The van der Waals surface area contributed by atoms with E-state index in [4.69, 9.17) is 10.8 Å². The van der Waals surface area contributed by atoms with Gasteiger partial charge in [0.05, 0.1) is 10.6 Å². The van der Waals surface area contributed by atoms with Crippen molar-refractivity contribution in [2.45, 2.75) is 17.9 Å². The molecule has 1 aromatic carbocycles. The molecule has 88 valence electrons. The molecule has 0 heterocycles. The molecule has 1 unspecified atom stereocenters. The van der Waals surface area contributed by atoms with Gasteiger partial charge in [0.15, 0.2) is 9.84 Å². The Labute approximate surface area is 93.8 Å². The third-order valence-corrected chi connectivity index (χ3v) is 3.99. The van der Waals surface area contributed by atoms with Gasteiger partial charge in [-0.05, 0) is 17.7 Å². The van der Waals surface area contributed by atoms with Gasteiger partial charge in [-0.2, -0.15) is 0 Å². The van der Waals surface area contributed by atoms with Crippen LogP contribution in [0.5, 0.6) is 0 Å². The van der Waals surface area contributed by atoms with Crippen LogP contribution in [0.2, 0.25) is 0 Å². The monoisotopic (exact) mass is 243 g/mol. The Morgan fingerprint density at radius 2 is 1.88 bits per heavy atom. The molecule has 0 aliphatic rings. The molecule has 0 fully saturated rings. The number of benzene rings is 1. The fraction of sp³-hybridized carbons (Fsp3) is 0.300. The predicted molar refractivity (Wildman–Crippen MR) is 58.7 cm³/mol. The summed E-state index contributed by atoms with van der Waals surface area (Å²) >= 11 is 0. The summed E-state index contributed by atoms with van der Waals surface area (Å²) in [5.74, 6) is -1.14. The SMILES string of the molecule is CCS(=O)(=O)c1ccc(C(N)C(=O)O)cc1. The lowest BCUT2D eigenvalue weighted by Crippen LogP contribution is -2.20. The minimum absolute atomic E-state index is 0.0112. The molecule has 0 radical (unpaired) electrons. The second kappa shape index (κ2) is 4.63. The lowest BCUT2D eigenvalue weighted by molar-refractivity contribution is -0.138. The van der Waals surface area contributed by atoms with Crippen molar-refractivity contribution in [3.05, 3.63) is 29.8 Å². The minimum Gasteiger partial charge on any atom is -0.480 e. The third-order valence-electron chi connectivity index (χ3n) is 2.24. The van der Waals surface area contributed by atoms with Crippen LogP contribution in [0.4, 0.5) is 0 Å². The van der Waals surface area contributed by atoms with Crippen LogP contribution in [-0.2, 0) is 14.6 Å². The maximum atomic E-state index is 11.5. The van der Waals surface area contributed by atoms with E-state index in [9.17, 15) is 13.2 Å². The molecule has 0 bridgehead atoms. The number of sulfone groups is 1. The quantitative estimate of drug-likeness (QED) is 0.805. The van der Waals surface area contributed by atoms with E-state index >= 15 is 0 Å². The van der Waals surface area contributed by atoms with E-state index in [2.05, 4.69) is 0 Å². The molecule has 3 N–H and O–H groups in total. The van der Waals surface area contributed by atoms with Crippen LogP contribution in [0.15, 0.2) is 29.2 Å². The first-order chi connectivity index (χ1) is 7.38. The summed E-state index contributed by atoms with van der Waals surface area (Å²) in [6, 6.07) is 4.45. The Morgan fingerprint density at radius 1 is 1.38 bits per heavy atom. The molecule has 0 aliphatic heterocycles. The van der Waals surface area contributed by atoms with Gasteiger partial charge in [-0.1, -0.05) is 19.1 Å². The van der Waals surface area contributed by atoms with Crippen LogP contribution >= 0.6 is 0 Å². The van der Waals surface area contributed by atoms with E-state index < -0.39 is 21.8 Å². The highest BCUT2D eigenvalue weighted by Gasteiger charge is 2.16. The minimum atomic E-state index is -3.25. The zero-order valence-corrected chi connectivity index (χ0v) is 9.57. The predicted octanol–water partition coefficient (Wildman–Crippen LogP) is 0.565. The van der Waals surface area contributed by atoms with Crippen molar-refractivity contribution in [2.75, 3.05) is 5.75 Å². The van der Waals surface area contributed by atoms with Crippen LogP contribution in [0, 0.1) is 0 Å². The van der Waals surface area contributed by atoms with Crippen molar-refractivity contribution in [3.8, 4) is 0 Å². The van der Waals surface area contributed by atoms with Crippen molar-refractivity contribution >= 4 is 15.8 Å². The van der Waals surface area contributed by atoms with E-state index in [1.54, 1.807) is 6.92 Å². The number of carboxylic acids is 1. The highest BCUT2D eigenvalue weighted by atomic mass is 32.2. The van der Waals surface area contributed by atoms with E-state index in [1.165, 1.54) is 24.3 Å². The molecule has 6 heteroatoms. The Bertz CT molecular complexity index is 478. The van der Waals surface area contributed by atoms with Gasteiger partial charge in [0, 0.05) is 0 Å². The number of aliphatic carboxylic acids is 1. The smallest absolute Gasteiger partial charge is 0.325 e. The van der Waals surface area contributed by atoms with Gasteiger partial charge >= 0.3 is 5.97 Å². The fourth-order valence-corrected chi connectivity index (χ4v) is 2.08. The maximum Gasteiger partial charge on any atom is 0.325 e. The van der Waals surface area contributed by atoms with Crippen molar-refractivity contribution in [3.63, 3.8) is 0 Å². The van der Waals surface area contributed by atoms with Crippen molar-refractivity contribution in [1.82, 2.24) is 0 Å². The van der Waals surface area contributed by atoms with Gasteiger partial charge in [-0.3, -0.25) is 4.79 Å². The lowest BCUT2D eigenvalue weighted by atomic mass is 10.1. The van der Waals surface area contributed by atoms with Gasteiger partial charge in [-0.25, -0.2) is 8.42 Å². The zero-order chi connectivity index (χ0) is 12.3. The zero-order valence-electron chi connectivity index (χ0n) is 8.75. The van der Waals surface area contributed by atoms with Crippen LogP contribution in [0.3, 0.4) is 0 Å². The van der Waals surface area contributed by atoms with Gasteiger partial charge in [0.2, 0.25) is 0 Å². The first-order valence-electron chi connectivity index (χ1n) is 4.69. The van der Waals surface area contributed by atoms with Crippen LogP contribution in [0.25, 0.3) is 0 Å². The highest BCUT2D eigenvalue weighted by molar-refractivity contribution is 7.91. The van der Waals surface area contributed by atoms with Gasteiger partial charge < -0.3 is 10.8 Å². The van der Waals surface area contributed by atoms with E-state index in [0.717, 1.165) is 0 Å². The number of nitrogens with two attached hydrogens (primary N) is 1. The van der Waals surface area contributed by atoms with Crippen LogP contribution < -0.4 is 5.73 Å². The van der Waals surface area contributed by atoms with E-state index in [-0.39, 0.29) is 10.6 Å². The number of carbonyl (C=O) groups is 1. The number of carboxylic acid groups (broad SMARTS) is 1. The van der Waals surface area contributed by atoms with Crippen LogP contribution in [-0.4, -0.2) is 25.2 Å². The Balaban J connectivity index is 3.05. The van der Waals surface area contributed by atoms with E-state index in [0.29, 0.717) is 5.56 Å². The van der Waals surface area contributed by atoms with Crippen molar-refractivity contribution in [1.29, 1.82) is 0 Å². The molecule has 1 rings (SSSR count). The normalized spacial score (nSPS) is 13.4. The average molecular weight is 243 g/mol. The molecule has 0 saturated heterocycles. The summed E-state index contributed by atoms with van der Waals surface area (Å²) in [6.45, 7) is 1.55. The molecule has 1 atom stereocenters. The second-order valence-corrected chi connectivity index (χ2v) is 5.57. The van der Waals surface area contributed by atoms with Crippen molar-refractivity contribution < 1.29 is 18.3 Å². The first-order valence-corrected chi connectivity index (χ1v) is 6.35. The third kappa shape index (κ3) is 2.59. The summed E-state index contributed by atoms with van der Waals surface area (Å²) in [5.41, 5.74) is 5.76. The molecule has 16 heavy (non-hydrogen) atoms. The van der Waals surface area contributed by atoms with Gasteiger partial charge in [-0.15, -0.1) is 0 Å². The molecular formula is C10H13NO4S. The average Bonchev–Trinajstić information content (AvgIpc) is 2.28. The number of hydrogen-bond acceptors (Lipinski definition) is 4. The largest absolute Gasteiger partial charge is 0.480 e. The topological polar surface area (TPSA) is 97.5 Å². The van der Waals surface area contributed by atoms with Gasteiger partial charge in [0.1, 0.15) is 6.04 Å². The summed E-state index contributed by atoms with van der Waals surface area (Å²) in [7, 11) is -3.25. The lowest BCUT2D eigenvalue weighted by Gasteiger charge is -2.07. The first kappa shape index (κ1) is 12.7. The van der Waals surface area contributed by atoms with Crippen molar-refractivity contribution in [2.24, 2.45) is 5.73 Å². The fourth-order valence-electron chi connectivity index (χ4n) is 1.19.